The molecule has 1 spiro atoms. The van der Waals surface area contributed by atoms with Crippen molar-refractivity contribution in [1.82, 2.24) is 10.4 Å². The molecule has 0 saturated carbocycles. The van der Waals surface area contributed by atoms with Crippen molar-refractivity contribution in [2.45, 2.75) is 44.5 Å². The van der Waals surface area contributed by atoms with Crippen LogP contribution in [0.1, 0.15) is 43.9 Å². The molecule has 1 saturated heterocycles. The van der Waals surface area contributed by atoms with E-state index in [4.69, 9.17) is 14.2 Å². The Bertz CT molecular complexity index is 995. The minimum Gasteiger partial charge on any atom is -0.497 e. The predicted octanol–water partition coefficient (Wildman–Crippen LogP) is 2.78. The number of quaternary nitrogens is 1. The summed E-state index contributed by atoms with van der Waals surface area (Å²) >= 11 is 0. The quantitative estimate of drug-likeness (QED) is 0.794. The Kier molecular flexibility index (Phi) is 5.07. The highest BCUT2D eigenvalue weighted by Gasteiger charge is 2.53. The van der Waals surface area contributed by atoms with Crippen LogP contribution in [0.2, 0.25) is 0 Å². The summed E-state index contributed by atoms with van der Waals surface area (Å²) < 4.78 is 17.8. The van der Waals surface area contributed by atoms with Gasteiger partial charge in [0.25, 0.3) is 0 Å². The van der Waals surface area contributed by atoms with Crippen molar-refractivity contribution in [1.29, 1.82) is 0 Å². The third kappa shape index (κ3) is 3.34. The number of ether oxygens (including phenoxy) is 3. The molecule has 164 valence electrons. The maximum absolute atomic E-state index is 6.75. The Morgan fingerprint density at radius 2 is 1.87 bits per heavy atom. The van der Waals surface area contributed by atoms with E-state index in [9.17, 15) is 0 Å². The summed E-state index contributed by atoms with van der Waals surface area (Å²) in [5, 5.41) is 2.34. The molecule has 6 heteroatoms. The van der Waals surface area contributed by atoms with Gasteiger partial charge >= 0.3 is 0 Å². The first kappa shape index (κ1) is 20.2. The largest absolute Gasteiger partial charge is 0.497 e. The summed E-state index contributed by atoms with van der Waals surface area (Å²) in [6.07, 6.45) is 4.27. The van der Waals surface area contributed by atoms with Gasteiger partial charge in [0.1, 0.15) is 17.2 Å². The van der Waals surface area contributed by atoms with E-state index in [2.05, 4.69) is 60.7 Å². The van der Waals surface area contributed by atoms with Crippen LogP contribution in [0, 0.1) is 0 Å². The molecule has 5 rings (SSSR count). The number of nitrogens with one attached hydrogen (secondary N) is 2. The van der Waals surface area contributed by atoms with Gasteiger partial charge in [0.2, 0.25) is 0 Å². The van der Waals surface area contributed by atoms with E-state index in [1.165, 1.54) is 5.56 Å². The summed E-state index contributed by atoms with van der Waals surface area (Å²) in [6, 6.07) is 15.1. The number of hydrogen-bond acceptors (Lipinski definition) is 5. The lowest BCUT2D eigenvalue weighted by Crippen LogP contribution is -3.16. The van der Waals surface area contributed by atoms with Gasteiger partial charge in [0.15, 0.2) is 5.72 Å². The Morgan fingerprint density at radius 3 is 2.58 bits per heavy atom. The second-order valence-electron chi connectivity index (χ2n) is 8.97. The number of hydrogen-bond donors (Lipinski definition) is 2. The SMILES string of the molecule is COc1ccc(C2=C[C@@H]3c4ccccc4OC4(CC[NH+](C(C)C)CC4)N3N2)c(OC)c1. The first-order valence-corrected chi connectivity index (χ1v) is 11.2. The van der Waals surface area contributed by atoms with E-state index in [1.807, 2.05) is 12.1 Å². The van der Waals surface area contributed by atoms with Crippen LogP contribution in [-0.4, -0.2) is 44.1 Å². The minimum atomic E-state index is -0.352. The van der Waals surface area contributed by atoms with Crippen LogP contribution in [0.3, 0.4) is 0 Å². The van der Waals surface area contributed by atoms with Gasteiger partial charge < -0.3 is 24.5 Å². The summed E-state index contributed by atoms with van der Waals surface area (Å²) in [4.78, 5) is 1.65. The fourth-order valence-corrected chi connectivity index (χ4v) is 5.18. The van der Waals surface area contributed by atoms with Crippen LogP contribution < -0.4 is 24.5 Å². The molecule has 31 heavy (non-hydrogen) atoms. The number of methoxy groups -OCH3 is 2. The number of nitrogens with zero attached hydrogens (tertiary/aromatic N) is 1. The van der Waals surface area contributed by atoms with Crippen molar-refractivity contribution in [3.8, 4) is 17.2 Å². The highest BCUT2D eigenvalue weighted by Crippen LogP contribution is 2.48. The average Bonchev–Trinajstić information content (AvgIpc) is 3.25. The van der Waals surface area contributed by atoms with Gasteiger partial charge in [0.05, 0.1) is 57.9 Å². The van der Waals surface area contributed by atoms with E-state index in [-0.39, 0.29) is 11.8 Å². The van der Waals surface area contributed by atoms with Crippen molar-refractivity contribution in [3.63, 3.8) is 0 Å². The van der Waals surface area contributed by atoms with Crippen LogP contribution in [-0.2, 0) is 0 Å². The van der Waals surface area contributed by atoms with Gasteiger partial charge in [-0.15, -0.1) is 0 Å². The third-order valence-corrected chi connectivity index (χ3v) is 7.01. The molecule has 0 bridgehead atoms. The van der Waals surface area contributed by atoms with Gasteiger partial charge in [-0.05, 0) is 38.1 Å². The smallest absolute Gasteiger partial charge is 0.191 e. The standard InChI is InChI=1S/C25H31N3O3/c1-17(2)27-13-11-25(12-14-27)28-22(20-7-5-6-8-23(20)31-25)16-21(26-28)19-10-9-18(29-3)15-24(19)30-4/h5-10,15-17,22,26H,11-14H2,1-4H3/p+1/t22-/m1/s1. The van der Waals surface area contributed by atoms with Crippen molar-refractivity contribution in [2.75, 3.05) is 27.3 Å². The molecular weight excluding hydrogens is 390 g/mol. The first-order valence-electron chi connectivity index (χ1n) is 11.2. The number of fused-ring (bicyclic) bond motifs is 4. The van der Waals surface area contributed by atoms with E-state index in [0.29, 0.717) is 6.04 Å². The van der Waals surface area contributed by atoms with Crippen molar-refractivity contribution in [3.05, 3.63) is 59.7 Å². The Balaban J connectivity index is 1.53. The first-order chi connectivity index (χ1) is 15.0. The third-order valence-electron chi connectivity index (χ3n) is 7.01. The number of benzene rings is 2. The normalized spacial score (nSPS) is 27.2. The molecule has 0 aliphatic carbocycles. The number of rotatable bonds is 4. The maximum atomic E-state index is 6.75. The van der Waals surface area contributed by atoms with Gasteiger partial charge in [-0.25, -0.2) is 0 Å². The lowest BCUT2D eigenvalue weighted by molar-refractivity contribution is -0.929. The van der Waals surface area contributed by atoms with Crippen molar-refractivity contribution < 1.29 is 19.1 Å². The molecule has 3 heterocycles. The van der Waals surface area contributed by atoms with Gasteiger partial charge in [0, 0.05) is 17.2 Å². The van der Waals surface area contributed by atoms with E-state index >= 15 is 0 Å². The fraction of sp³-hybridized carbons (Fsp3) is 0.440. The molecule has 1 atom stereocenters. The second kappa shape index (κ2) is 7.77. The van der Waals surface area contributed by atoms with Crippen LogP contribution in [0.4, 0.5) is 0 Å². The van der Waals surface area contributed by atoms with Crippen LogP contribution in [0.5, 0.6) is 17.2 Å². The molecule has 2 N–H and O–H groups in total. The minimum absolute atomic E-state index is 0.118. The van der Waals surface area contributed by atoms with Gasteiger partial charge in [-0.2, -0.15) is 5.01 Å². The Morgan fingerprint density at radius 1 is 1.10 bits per heavy atom. The van der Waals surface area contributed by atoms with Crippen LogP contribution >= 0.6 is 0 Å². The molecule has 6 nitrogen and oxygen atoms in total. The summed E-state index contributed by atoms with van der Waals surface area (Å²) in [7, 11) is 3.37. The predicted molar refractivity (Wildman–Crippen MR) is 120 cm³/mol. The van der Waals surface area contributed by atoms with E-state index in [1.54, 1.807) is 19.1 Å². The zero-order chi connectivity index (χ0) is 21.6. The molecular formula is C25H32N3O3+. The number of likely N-dealkylation sites (tertiary alicyclic amines) is 1. The molecule has 1 fully saturated rings. The lowest BCUT2D eigenvalue weighted by atomic mass is 9.92. The number of hydrazine groups is 1. The Labute approximate surface area is 184 Å². The van der Waals surface area contributed by atoms with Crippen molar-refractivity contribution >= 4 is 5.70 Å². The summed E-state index contributed by atoms with van der Waals surface area (Å²) in [5.74, 6) is 2.57. The monoisotopic (exact) mass is 422 g/mol. The molecule has 2 aromatic carbocycles. The zero-order valence-electron chi connectivity index (χ0n) is 18.8. The van der Waals surface area contributed by atoms with E-state index < -0.39 is 0 Å². The molecule has 2 aromatic rings. The van der Waals surface area contributed by atoms with E-state index in [0.717, 1.165) is 54.4 Å². The van der Waals surface area contributed by atoms with Gasteiger partial charge in [-0.1, -0.05) is 18.2 Å². The molecule has 0 unspecified atom stereocenters. The molecule has 0 radical (unpaired) electrons. The summed E-state index contributed by atoms with van der Waals surface area (Å²) in [5.41, 5.74) is 6.62. The highest BCUT2D eigenvalue weighted by atomic mass is 16.5. The fourth-order valence-electron chi connectivity index (χ4n) is 5.18. The Hall–Kier alpha value is -2.70. The highest BCUT2D eigenvalue weighted by molar-refractivity contribution is 5.72. The van der Waals surface area contributed by atoms with Crippen molar-refractivity contribution in [2.24, 2.45) is 0 Å². The molecule has 0 amide bonds. The zero-order valence-corrected chi connectivity index (χ0v) is 18.8. The van der Waals surface area contributed by atoms with Crippen LogP contribution in [0.25, 0.3) is 5.70 Å². The van der Waals surface area contributed by atoms with Gasteiger partial charge in [-0.3, -0.25) is 0 Å². The molecule has 0 aromatic heterocycles. The number of piperidine rings is 1. The number of para-hydroxylation sites is 1. The summed E-state index contributed by atoms with van der Waals surface area (Å²) in [6.45, 7) is 6.81. The average molecular weight is 423 g/mol. The maximum Gasteiger partial charge on any atom is 0.191 e. The topological polar surface area (TPSA) is 47.4 Å². The lowest BCUT2D eigenvalue weighted by Gasteiger charge is -2.51. The molecule has 3 aliphatic rings. The van der Waals surface area contributed by atoms with Crippen LogP contribution in [0.15, 0.2) is 48.5 Å². The second-order valence-corrected chi connectivity index (χ2v) is 8.97. The molecule has 3 aliphatic heterocycles.